The molecule has 3 nitrogen and oxygen atoms in total. The Kier molecular flexibility index (Phi) is 3.91. The number of nitrogens with zero attached hydrogens (tertiary/aromatic N) is 1. The van der Waals surface area contributed by atoms with E-state index in [1.807, 2.05) is 25.7 Å². The maximum absolute atomic E-state index is 11.9. The Bertz CT molecular complexity index is 263. The summed E-state index contributed by atoms with van der Waals surface area (Å²) in [6.07, 6.45) is 3.05. The number of rotatable bonds is 2. The summed E-state index contributed by atoms with van der Waals surface area (Å²) in [6, 6.07) is 0. The van der Waals surface area contributed by atoms with E-state index >= 15 is 0 Å². The van der Waals surface area contributed by atoms with Crippen molar-refractivity contribution in [3.63, 3.8) is 0 Å². The van der Waals surface area contributed by atoms with Gasteiger partial charge in [0.2, 0.25) is 5.91 Å². The van der Waals surface area contributed by atoms with Crippen LogP contribution in [-0.4, -0.2) is 37.6 Å². The summed E-state index contributed by atoms with van der Waals surface area (Å²) in [6.45, 7) is 8.13. The number of hydrogen-bond acceptors (Lipinski definition) is 2. The highest BCUT2D eigenvalue weighted by molar-refractivity contribution is 5.81. The predicted molar refractivity (Wildman–Crippen MR) is 60.6 cm³/mol. The molecule has 0 aromatic carbocycles. The van der Waals surface area contributed by atoms with Gasteiger partial charge in [0.15, 0.2) is 0 Å². The summed E-state index contributed by atoms with van der Waals surface area (Å²) < 4.78 is 5.07. The molecule has 1 rings (SSSR count). The van der Waals surface area contributed by atoms with Crippen molar-refractivity contribution in [2.45, 2.75) is 27.2 Å². The average molecular weight is 211 g/mol. The summed E-state index contributed by atoms with van der Waals surface area (Å²) in [5, 5.41) is 0. The SMILES string of the molecule is COCC1=CCN(C(=O)C(C)(C)C)CC1. The number of amides is 1. The standard InChI is InChI=1S/C12H21NO2/c1-12(2,3)11(14)13-7-5-10(6-8-13)9-15-4/h5H,6-9H2,1-4H3. The largest absolute Gasteiger partial charge is 0.380 e. The van der Waals surface area contributed by atoms with E-state index in [0.717, 1.165) is 19.5 Å². The lowest BCUT2D eigenvalue weighted by atomic mass is 9.93. The molecule has 0 radical (unpaired) electrons. The lowest BCUT2D eigenvalue weighted by Gasteiger charge is -2.31. The first-order chi connectivity index (χ1) is 6.95. The van der Waals surface area contributed by atoms with Gasteiger partial charge in [-0.25, -0.2) is 0 Å². The highest BCUT2D eigenvalue weighted by Gasteiger charge is 2.27. The van der Waals surface area contributed by atoms with Gasteiger partial charge in [0.1, 0.15) is 0 Å². The number of hydrogen-bond donors (Lipinski definition) is 0. The smallest absolute Gasteiger partial charge is 0.228 e. The summed E-state index contributed by atoms with van der Waals surface area (Å²) in [7, 11) is 1.70. The molecule has 0 unspecified atom stereocenters. The van der Waals surface area contributed by atoms with Crippen LogP contribution in [0.4, 0.5) is 0 Å². The third kappa shape index (κ3) is 3.34. The fourth-order valence-electron chi connectivity index (χ4n) is 1.69. The lowest BCUT2D eigenvalue weighted by molar-refractivity contribution is -0.139. The van der Waals surface area contributed by atoms with Crippen molar-refractivity contribution < 1.29 is 9.53 Å². The van der Waals surface area contributed by atoms with E-state index in [1.54, 1.807) is 7.11 Å². The molecule has 1 amide bonds. The molecule has 0 fully saturated rings. The van der Waals surface area contributed by atoms with Crippen LogP contribution < -0.4 is 0 Å². The Morgan fingerprint density at radius 3 is 2.60 bits per heavy atom. The number of ether oxygens (including phenoxy) is 1. The highest BCUT2D eigenvalue weighted by Crippen LogP contribution is 2.20. The molecule has 0 aromatic rings. The molecule has 0 aliphatic carbocycles. The second kappa shape index (κ2) is 4.79. The first kappa shape index (κ1) is 12.2. The first-order valence-corrected chi connectivity index (χ1v) is 5.41. The van der Waals surface area contributed by atoms with Gasteiger partial charge in [-0.2, -0.15) is 0 Å². The Morgan fingerprint density at radius 1 is 1.53 bits per heavy atom. The fraction of sp³-hybridized carbons (Fsp3) is 0.750. The van der Waals surface area contributed by atoms with E-state index in [9.17, 15) is 4.79 Å². The molecule has 0 atom stereocenters. The summed E-state index contributed by atoms with van der Waals surface area (Å²) in [5.74, 6) is 0.232. The summed E-state index contributed by atoms with van der Waals surface area (Å²) >= 11 is 0. The van der Waals surface area contributed by atoms with Crippen LogP contribution in [0.15, 0.2) is 11.6 Å². The van der Waals surface area contributed by atoms with Gasteiger partial charge in [-0.1, -0.05) is 26.8 Å². The van der Waals surface area contributed by atoms with Crippen molar-refractivity contribution in [1.29, 1.82) is 0 Å². The van der Waals surface area contributed by atoms with Crippen LogP contribution in [0.1, 0.15) is 27.2 Å². The van der Waals surface area contributed by atoms with Gasteiger partial charge in [-0.15, -0.1) is 0 Å². The van der Waals surface area contributed by atoms with Gasteiger partial charge in [0.05, 0.1) is 6.61 Å². The van der Waals surface area contributed by atoms with Crippen molar-refractivity contribution >= 4 is 5.91 Å². The second-order valence-corrected chi connectivity index (χ2v) is 5.05. The molecule has 0 saturated carbocycles. The Hall–Kier alpha value is -0.830. The Morgan fingerprint density at radius 2 is 2.20 bits per heavy atom. The third-order valence-electron chi connectivity index (χ3n) is 2.56. The van der Waals surface area contributed by atoms with Crippen molar-refractivity contribution in [3.05, 3.63) is 11.6 Å². The molecule has 1 aliphatic rings. The van der Waals surface area contributed by atoms with Gasteiger partial charge in [-0.3, -0.25) is 4.79 Å². The van der Waals surface area contributed by atoms with Gasteiger partial charge in [0.25, 0.3) is 0 Å². The first-order valence-electron chi connectivity index (χ1n) is 5.41. The fourth-order valence-corrected chi connectivity index (χ4v) is 1.69. The molecule has 3 heteroatoms. The van der Waals surface area contributed by atoms with Crippen LogP contribution in [0.25, 0.3) is 0 Å². The molecule has 1 heterocycles. The topological polar surface area (TPSA) is 29.5 Å². The lowest BCUT2D eigenvalue weighted by Crippen LogP contribution is -2.42. The minimum atomic E-state index is -0.271. The van der Waals surface area contributed by atoms with E-state index in [1.165, 1.54) is 5.57 Å². The quantitative estimate of drug-likeness (QED) is 0.652. The molecule has 15 heavy (non-hydrogen) atoms. The maximum Gasteiger partial charge on any atom is 0.228 e. The molecule has 0 aromatic heterocycles. The number of carbonyl (C=O) groups excluding carboxylic acids is 1. The minimum Gasteiger partial charge on any atom is -0.380 e. The molecular formula is C12H21NO2. The maximum atomic E-state index is 11.9. The van der Waals surface area contributed by atoms with Crippen LogP contribution in [-0.2, 0) is 9.53 Å². The Labute approximate surface area is 92.1 Å². The number of carbonyl (C=O) groups is 1. The van der Waals surface area contributed by atoms with Crippen molar-refractivity contribution in [2.24, 2.45) is 5.41 Å². The van der Waals surface area contributed by atoms with E-state index in [0.29, 0.717) is 6.61 Å². The van der Waals surface area contributed by atoms with E-state index in [-0.39, 0.29) is 11.3 Å². The van der Waals surface area contributed by atoms with Gasteiger partial charge >= 0.3 is 0 Å². The molecular weight excluding hydrogens is 190 g/mol. The molecule has 0 N–H and O–H groups in total. The van der Waals surface area contributed by atoms with Crippen LogP contribution in [0, 0.1) is 5.41 Å². The molecule has 86 valence electrons. The highest BCUT2D eigenvalue weighted by atomic mass is 16.5. The molecule has 0 bridgehead atoms. The zero-order chi connectivity index (χ0) is 11.5. The van der Waals surface area contributed by atoms with Gasteiger partial charge < -0.3 is 9.64 Å². The van der Waals surface area contributed by atoms with Crippen LogP contribution in [0.5, 0.6) is 0 Å². The zero-order valence-corrected chi connectivity index (χ0v) is 10.2. The van der Waals surface area contributed by atoms with Crippen molar-refractivity contribution in [2.75, 3.05) is 26.8 Å². The van der Waals surface area contributed by atoms with E-state index in [4.69, 9.17) is 4.74 Å². The van der Waals surface area contributed by atoms with Gasteiger partial charge in [-0.05, 0) is 12.0 Å². The normalized spacial score (nSPS) is 17.6. The third-order valence-corrected chi connectivity index (χ3v) is 2.56. The van der Waals surface area contributed by atoms with E-state index in [2.05, 4.69) is 6.08 Å². The van der Waals surface area contributed by atoms with E-state index < -0.39 is 0 Å². The van der Waals surface area contributed by atoms with Crippen LogP contribution in [0.3, 0.4) is 0 Å². The summed E-state index contributed by atoms with van der Waals surface area (Å²) in [5.41, 5.74) is 1.03. The van der Waals surface area contributed by atoms with Crippen molar-refractivity contribution in [1.82, 2.24) is 4.90 Å². The average Bonchev–Trinajstić information content (AvgIpc) is 2.17. The predicted octanol–water partition coefficient (Wildman–Crippen LogP) is 1.84. The molecule has 1 aliphatic heterocycles. The van der Waals surface area contributed by atoms with Crippen molar-refractivity contribution in [3.8, 4) is 0 Å². The van der Waals surface area contributed by atoms with Crippen LogP contribution in [0.2, 0.25) is 0 Å². The zero-order valence-electron chi connectivity index (χ0n) is 10.2. The minimum absolute atomic E-state index is 0.232. The Balaban J connectivity index is 2.54. The summed E-state index contributed by atoms with van der Waals surface area (Å²) in [4.78, 5) is 13.9. The monoisotopic (exact) mass is 211 g/mol. The van der Waals surface area contributed by atoms with Crippen LogP contribution >= 0.6 is 0 Å². The molecule has 0 saturated heterocycles. The second-order valence-electron chi connectivity index (χ2n) is 5.05. The number of methoxy groups -OCH3 is 1. The molecule has 0 spiro atoms. The van der Waals surface area contributed by atoms with Gasteiger partial charge in [0, 0.05) is 25.6 Å².